The Morgan fingerprint density at radius 3 is 2.33 bits per heavy atom. The zero-order valence-electron chi connectivity index (χ0n) is 12.4. The van der Waals surface area contributed by atoms with Gasteiger partial charge in [0.2, 0.25) is 0 Å². The minimum absolute atomic E-state index is 0.0221. The second-order valence-corrected chi connectivity index (χ2v) is 7.25. The average Bonchev–Trinajstić information content (AvgIpc) is 2.56. The summed E-state index contributed by atoms with van der Waals surface area (Å²) in [5.41, 5.74) is 0.641. The van der Waals surface area contributed by atoms with Gasteiger partial charge >= 0.3 is 0 Å². The molecule has 0 radical (unpaired) electrons. The van der Waals surface area contributed by atoms with Crippen LogP contribution in [0.1, 0.15) is 10.4 Å². The Balaban J connectivity index is 2.18. The first kappa shape index (κ1) is 18.3. The molecule has 0 spiro atoms. The molecule has 0 aliphatic heterocycles. The van der Waals surface area contributed by atoms with E-state index in [0.717, 1.165) is 0 Å². The van der Waals surface area contributed by atoms with Gasteiger partial charge in [0.25, 0.3) is 15.9 Å². The lowest BCUT2D eigenvalue weighted by Gasteiger charge is -2.09. The lowest BCUT2D eigenvalue weighted by molar-refractivity contribution is 0.0958. The van der Waals surface area contributed by atoms with Crippen molar-refractivity contribution in [3.8, 4) is 0 Å². The molecule has 24 heavy (non-hydrogen) atoms. The van der Waals surface area contributed by atoms with Crippen molar-refractivity contribution in [2.75, 3.05) is 11.3 Å². The zero-order valence-corrected chi connectivity index (χ0v) is 14.8. The van der Waals surface area contributed by atoms with Crippen molar-refractivity contribution >= 4 is 44.8 Å². The van der Waals surface area contributed by atoms with Crippen molar-refractivity contribution in [3.05, 3.63) is 70.7 Å². The van der Waals surface area contributed by atoms with Gasteiger partial charge < -0.3 is 5.32 Å². The molecular formula is C16H14Cl2N2O3S. The summed E-state index contributed by atoms with van der Waals surface area (Å²) < 4.78 is 27.1. The third kappa shape index (κ3) is 4.50. The van der Waals surface area contributed by atoms with Crippen molar-refractivity contribution in [2.24, 2.45) is 0 Å². The molecule has 0 unspecified atom stereocenters. The second kappa shape index (κ2) is 7.70. The molecule has 0 heterocycles. The van der Waals surface area contributed by atoms with Crippen molar-refractivity contribution in [1.29, 1.82) is 0 Å². The number of nitrogens with one attached hydrogen (secondary N) is 2. The van der Waals surface area contributed by atoms with Gasteiger partial charge in [-0.05, 0) is 42.5 Å². The van der Waals surface area contributed by atoms with E-state index in [9.17, 15) is 13.2 Å². The monoisotopic (exact) mass is 384 g/mol. The first-order valence-electron chi connectivity index (χ1n) is 6.80. The smallest absolute Gasteiger partial charge is 0.261 e. The first-order chi connectivity index (χ1) is 11.3. The van der Waals surface area contributed by atoms with Gasteiger partial charge in [0.1, 0.15) is 0 Å². The number of anilines is 1. The number of halogens is 2. The van der Waals surface area contributed by atoms with Crippen molar-refractivity contribution in [3.63, 3.8) is 0 Å². The number of sulfonamides is 1. The standard InChI is InChI=1S/C16H14Cl2N2O3S/c1-2-9-19-16(21)11-3-6-13(7-4-11)24(22,23)20-12-5-8-14(17)15(18)10-12/h2-8,10,20H,1,9H2,(H,19,21). The van der Waals surface area contributed by atoms with E-state index >= 15 is 0 Å². The summed E-state index contributed by atoms with van der Waals surface area (Å²) in [6, 6.07) is 9.98. The molecule has 0 atom stereocenters. The number of hydrogen-bond donors (Lipinski definition) is 2. The van der Waals surface area contributed by atoms with Crippen LogP contribution in [0.5, 0.6) is 0 Å². The van der Waals surface area contributed by atoms with Crippen LogP contribution in [0.25, 0.3) is 0 Å². The number of hydrogen-bond acceptors (Lipinski definition) is 3. The lowest BCUT2D eigenvalue weighted by Crippen LogP contribution is -2.23. The van der Waals surface area contributed by atoms with Gasteiger partial charge in [0.05, 0.1) is 20.6 Å². The third-order valence-corrected chi connectivity index (χ3v) is 5.14. The summed E-state index contributed by atoms with van der Waals surface area (Å²) in [5, 5.41) is 3.18. The molecular weight excluding hydrogens is 371 g/mol. The molecule has 5 nitrogen and oxygen atoms in total. The van der Waals surface area contributed by atoms with Crippen LogP contribution < -0.4 is 10.0 Å². The van der Waals surface area contributed by atoms with Crippen LogP contribution in [0.4, 0.5) is 5.69 Å². The molecule has 2 N–H and O–H groups in total. The Hall–Kier alpha value is -2.02. The Morgan fingerprint density at radius 2 is 1.75 bits per heavy atom. The van der Waals surface area contributed by atoms with Crippen LogP contribution >= 0.6 is 23.2 Å². The highest BCUT2D eigenvalue weighted by molar-refractivity contribution is 7.92. The van der Waals surface area contributed by atoms with E-state index in [1.54, 1.807) is 6.08 Å². The zero-order chi connectivity index (χ0) is 17.7. The quantitative estimate of drug-likeness (QED) is 0.745. The SMILES string of the molecule is C=CCNC(=O)c1ccc(S(=O)(=O)Nc2ccc(Cl)c(Cl)c2)cc1. The van der Waals surface area contributed by atoms with Crippen LogP contribution in [0.2, 0.25) is 10.0 Å². The van der Waals surface area contributed by atoms with Gasteiger partial charge in [-0.25, -0.2) is 8.42 Å². The molecule has 0 aliphatic carbocycles. The molecule has 1 amide bonds. The summed E-state index contributed by atoms with van der Waals surface area (Å²) in [6.45, 7) is 3.84. The van der Waals surface area contributed by atoms with Crippen LogP contribution in [0.15, 0.2) is 60.0 Å². The molecule has 8 heteroatoms. The molecule has 0 saturated carbocycles. The van der Waals surface area contributed by atoms with Crippen LogP contribution in [0.3, 0.4) is 0 Å². The number of benzene rings is 2. The van der Waals surface area contributed by atoms with Crippen molar-refractivity contribution in [1.82, 2.24) is 5.32 Å². The molecule has 126 valence electrons. The van der Waals surface area contributed by atoms with Gasteiger partial charge in [-0.2, -0.15) is 0 Å². The fraction of sp³-hybridized carbons (Fsp3) is 0.0625. The molecule has 0 saturated heterocycles. The molecule has 2 rings (SSSR count). The molecule has 0 aromatic heterocycles. The van der Waals surface area contributed by atoms with Crippen molar-refractivity contribution < 1.29 is 13.2 Å². The Kier molecular flexibility index (Phi) is 5.88. The summed E-state index contributed by atoms with van der Waals surface area (Å²) in [6.07, 6.45) is 1.55. The highest BCUT2D eigenvalue weighted by Gasteiger charge is 2.15. The summed E-state index contributed by atoms with van der Waals surface area (Å²) in [5.74, 6) is -0.309. The Bertz CT molecular complexity index is 865. The summed E-state index contributed by atoms with van der Waals surface area (Å²) >= 11 is 11.7. The number of carbonyl (C=O) groups is 1. The second-order valence-electron chi connectivity index (χ2n) is 4.76. The van der Waals surface area contributed by atoms with E-state index in [4.69, 9.17) is 23.2 Å². The largest absolute Gasteiger partial charge is 0.349 e. The topological polar surface area (TPSA) is 75.3 Å². The lowest BCUT2D eigenvalue weighted by atomic mass is 10.2. The molecule has 0 aliphatic rings. The third-order valence-electron chi connectivity index (χ3n) is 3.01. The minimum atomic E-state index is -3.80. The first-order valence-corrected chi connectivity index (χ1v) is 9.04. The van der Waals surface area contributed by atoms with E-state index in [1.807, 2.05) is 0 Å². The fourth-order valence-corrected chi connectivity index (χ4v) is 3.17. The van der Waals surface area contributed by atoms with Crippen LogP contribution in [-0.4, -0.2) is 20.9 Å². The number of amides is 1. The normalized spacial score (nSPS) is 10.9. The number of carbonyl (C=O) groups excluding carboxylic acids is 1. The molecule has 0 fully saturated rings. The van der Waals surface area contributed by atoms with E-state index in [-0.39, 0.29) is 21.5 Å². The van der Waals surface area contributed by atoms with Crippen molar-refractivity contribution in [2.45, 2.75) is 4.90 Å². The maximum atomic E-state index is 12.3. The van der Waals surface area contributed by atoms with E-state index in [0.29, 0.717) is 17.1 Å². The number of rotatable bonds is 6. The highest BCUT2D eigenvalue weighted by Crippen LogP contribution is 2.26. The predicted molar refractivity (Wildman–Crippen MR) is 96.2 cm³/mol. The fourth-order valence-electron chi connectivity index (χ4n) is 1.83. The van der Waals surface area contributed by atoms with Gasteiger partial charge in [-0.15, -0.1) is 6.58 Å². The summed E-state index contributed by atoms with van der Waals surface area (Å²) in [4.78, 5) is 11.8. The van der Waals surface area contributed by atoms with E-state index in [2.05, 4.69) is 16.6 Å². The van der Waals surface area contributed by atoms with Crippen LogP contribution in [-0.2, 0) is 10.0 Å². The molecule has 2 aromatic rings. The Morgan fingerprint density at radius 1 is 1.08 bits per heavy atom. The van der Waals surface area contributed by atoms with E-state index in [1.165, 1.54) is 42.5 Å². The highest BCUT2D eigenvalue weighted by atomic mass is 35.5. The van der Waals surface area contributed by atoms with E-state index < -0.39 is 10.0 Å². The van der Waals surface area contributed by atoms with Gasteiger partial charge in [-0.3, -0.25) is 9.52 Å². The Labute approximate surface area is 150 Å². The molecule has 0 bridgehead atoms. The predicted octanol–water partition coefficient (Wildman–Crippen LogP) is 3.71. The summed E-state index contributed by atoms with van der Waals surface area (Å²) in [7, 11) is -3.80. The van der Waals surface area contributed by atoms with Gasteiger partial charge in [0, 0.05) is 12.1 Å². The maximum absolute atomic E-state index is 12.3. The van der Waals surface area contributed by atoms with Gasteiger partial charge in [0.15, 0.2) is 0 Å². The van der Waals surface area contributed by atoms with Crippen LogP contribution in [0, 0.1) is 0 Å². The maximum Gasteiger partial charge on any atom is 0.261 e. The van der Waals surface area contributed by atoms with Gasteiger partial charge in [-0.1, -0.05) is 29.3 Å². The average molecular weight is 385 g/mol. The minimum Gasteiger partial charge on any atom is -0.349 e. The molecule has 2 aromatic carbocycles.